The molecule has 2 aromatic carbocycles. The first-order chi connectivity index (χ1) is 13.5. The van der Waals surface area contributed by atoms with Crippen molar-refractivity contribution in [1.82, 2.24) is 4.90 Å². The molecular formula is C21H21N3O4. The van der Waals surface area contributed by atoms with Crippen molar-refractivity contribution in [2.24, 2.45) is 0 Å². The summed E-state index contributed by atoms with van der Waals surface area (Å²) < 4.78 is 5.66. The van der Waals surface area contributed by atoms with Crippen LogP contribution >= 0.6 is 0 Å². The summed E-state index contributed by atoms with van der Waals surface area (Å²) in [5, 5.41) is 2.73. The summed E-state index contributed by atoms with van der Waals surface area (Å²) in [6, 6.07) is 14.5. The second-order valence-electron chi connectivity index (χ2n) is 6.90. The number of benzene rings is 2. The Hall–Kier alpha value is -3.35. The maximum Gasteiger partial charge on any atom is 0.275 e. The largest absolute Gasteiger partial charge is 0.468 e. The number of rotatable bonds is 3. The molecule has 2 aliphatic heterocycles. The Labute approximate surface area is 162 Å². The minimum Gasteiger partial charge on any atom is -0.468 e. The number of piperazine rings is 1. The lowest BCUT2D eigenvalue weighted by Crippen LogP contribution is -2.55. The maximum atomic E-state index is 12.8. The van der Waals surface area contributed by atoms with E-state index in [2.05, 4.69) is 10.2 Å². The van der Waals surface area contributed by atoms with E-state index in [0.717, 1.165) is 5.69 Å². The third kappa shape index (κ3) is 3.43. The lowest BCUT2D eigenvalue weighted by Gasteiger charge is -2.38. The number of anilines is 2. The van der Waals surface area contributed by atoms with Crippen molar-refractivity contribution in [2.75, 3.05) is 36.4 Å². The molecule has 0 bridgehead atoms. The normalized spacial score (nSPS) is 18.8. The molecule has 0 radical (unpaired) electrons. The van der Waals surface area contributed by atoms with Crippen LogP contribution in [0.2, 0.25) is 0 Å². The van der Waals surface area contributed by atoms with Gasteiger partial charge in [0.2, 0.25) is 0 Å². The van der Waals surface area contributed by atoms with E-state index >= 15 is 0 Å². The first-order valence-corrected chi connectivity index (χ1v) is 9.24. The van der Waals surface area contributed by atoms with Gasteiger partial charge in [-0.3, -0.25) is 14.4 Å². The van der Waals surface area contributed by atoms with Gasteiger partial charge in [0.15, 0.2) is 5.78 Å². The van der Waals surface area contributed by atoms with Gasteiger partial charge in [0, 0.05) is 37.4 Å². The Balaban J connectivity index is 1.39. The summed E-state index contributed by atoms with van der Waals surface area (Å²) in [6.45, 7) is 3.84. The molecule has 144 valence electrons. The van der Waals surface area contributed by atoms with Gasteiger partial charge in [-0.2, -0.15) is 0 Å². The third-order valence-corrected chi connectivity index (χ3v) is 5.08. The molecule has 0 saturated carbocycles. The third-order valence-electron chi connectivity index (χ3n) is 5.08. The van der Waals surface area contributed by atoms with Gasteiger partial charge in [-0.25, -0.2) is 0 Å². The van der Waals surface area contributed by atoms with Gasteiger partial charge in [0.25, 0.3) is 17.9 Å². The number of carbonyl (C=O) groups is 3. The van der Waals surface area contributed by atoms with Gasteiger partial charge in [-0.1, -0.05) is 12.1 Å². The van der Waals surface area contributed by atoms with Gasteiger partial charge in [0.1, 0.15) is 5.75 Å². The topological polar surface area (TPSA) is 79.0 Å². The van der Waals surface area contributed by atoms with Gasteiger partial charge in [-0.15, -0.1) is 0 Å². The van der Waals surface area contributed by atoms with Crippen LogP contribution in [0.5, 0.6) is 5.75 Å². The molecule has 1 N–H and O–H groups in total. The molecule has 28 heavy (non-hydrogen) atoms. The monoisotopic (exact) mass is 379 g/mol. The summed E-state index contributed by atoms with van der Waals surface area (Å²) in [6.07, 6.45) is -1.16. The van der Waals surface area contributed by atoms with Gasteiger partial charge in [-0.05, 0) is 43.3 Å². The summed E-state index contributed by atoms with van der Waals surface area (Å²) in [4.78, 5) is 40.3. The fraction of sp³-hybridized carbons (Fsp3) is 0.286. The number of nitrogens with zero attached hydrogens (tertiary/aromatic N) is 2. The highest BCUT2D eigenvalue weighted by molar-refractivity contribution is 6.11. The van der Waals surface area contributed by atoms with Crippen molar-refractivity contribution in [2.45, 2.75) is 13.0 Å². The Morgan fingerprint density at radius 2 is 1.68 bits per heavy atom. The number of hydrogen-bond acceptors (Lipinski definition) is 5. The van der Waals surface area contributed by atoms with Crippen LogP contribution < -0.4 is 15.0 Å². The predicted octanol–water partition coefficient (Wildman–Crippen LogP) is 1.94. The van der Waals surface area contributed by atoms with Crippen molar-refractivity contribution in [1.29, 1.82) is 0 Å². The highest BCUT2D eigenvalue weighted by Gasteiger charge is 2.37. The first kappa shape index (κ1) is 18.0. The molecule has 2 amide bonds. The fourth-order valence-electron chi connectivity index (χ4n) is 3.47. The van der Waals surface area contributed by atoms with E-state index in [1.807, 2.05) is 24.3 Å². The number of nitrogens with one attached hydrogen (secondary N) is 1. The molecule has 7 heteroatoms. The molecular weight excluding hydrogens is 358 g/mol. The van der Waals surface area contributed by atoms with Crippen LogP contribution in [0.1, 0.15) is 17.3 Å². The molecule has 2 heterocycles. The minimum absolute atomic E-state index is 0.0364. The highest BCUT2D eigenvalue weighted by Crippen LogP contribution is 2.29. The van der Waals surface area contributed by atoms with Gasteiger partial charge in [0.05, 0.1) is 5.69 Å². The van der Waals surface area contributed by atoms with E-state index in [-0.39, 0.29) is 11.7 Å². The summed E-state index contributed by atoms with van der Waals surface area (Å²) in [7, 11) is 0. The number of amides is 2. The smallest absolute Gasteiger partial charge is 0.275 e. The van der Waals surface area contributed by atoms with Crippen LogP contribution in [0.4, 0.5) is 11.4 Å². The molecule has 1 saturated heterocycles. The summed E-state index contributed by atoms with van der Waals surface area (Å²) in [5.74, 6) is -0.219. The highest BCUT2D eigenvalue weighted by atomic mass is 16.5. The van der Waals surface area contributed by atoms with Crippen LogP contribution in [-0.4, -0.2) is 54.8 Å². The predicted molar refractivity (Wildman–Crippen MR) is 105 cm³/mol. The zero-order chi connectivity index (χ0) is 19.7. The minimum atomic E-state index is -1.16. The lowest BCUT2D eigenvalue weighted by atomic mass is 10.1. The molecule has 0 aliphatic carbocycles. The molecule has 1 fully saturated rings. The SMILES string of the molecule is CC(=O)c1ccc(N2CCN(C(=O)C3Oc4ccccc4NC3=O)CC2)cc1. The Morgan fingerprint density at radius 3 is 2.36 bits per heavy atom. The van der Waals surface area contributed by atoms with Crippen molar-refractivity contribution >= 4 is 29.0 Å². The number of hydrogen-bond donors (Lipinski definition) is 1. The van der Waals surface area contributed by atoms with Crippen LogP contribution in [0, 0.1) is 0 Å². The number of fused-ring (bicyclic) bond motifs is 1. The molecule has 0 spiro atoms. The number of ether oxygens (including phenoxy) is 1. The second kappa shape index (κ2) is 7.34. The van der Waals surface area contributed by atoms with Crippen LogP contribution in [0.15, 0.2) is 48.5 Å². The number of carbonyl (C=O) groups excluding carboxylic acids is 3. The number of Topliss-reactive ketones (excluding diaryl/α,β-unsaturated/α-hetero) is 1. The fourth-order valence-corrected chi connectivity index (χ4v) is 3.47. The molecule has 7 nitrogen and oxygen atoms in total. The molecule has 1 atom stereocenters. The van der Waals surface area contributed by atoms with Gasteiger partial charge >= 0.3 is 0 Å². The molecule has 2 aromatic rings. The average Bonchev–Trinajstić information content (AvgIpc) is 2.73. The lowest BCUT2D eigenvalue weighted by molar-refractivity contribution is -0.145. The second-order valence-corrected chi connectivity index (χ2v) is 6.90. The van der Waals surface area contributed by atoms with E-state index in [1.54, 1.807) is 36.1 Å². The van der Waals surface area contributed by atoms with Crippen LogP contribution in [-0.2, 0) is 9.59 Å². The number of para-hydroxylation sites is 2. The molecule has 0 aromatic heterocycles. The summed E-state index contributed by atoms with van der Waals surface area (Å²) in [5.41, 5.74) is 2.27. The zero-order valence-corrected chi connectivity index (χ0v) is 15.6. The molecule has 1 unspecified atom stereocenters. The quantitative estimate of drug-likeness (QED) is 0.651. The molecule has 2 aliphatic rings. The van der Waals surface area contributed by atoms with E-state index in [1.165, 1.54) is 0 Å². The van der Waals surface area contributed by atoms with Crippen LogP contribution in [0.25, 0.3) is 0 Å². The van der Waals surface area contributed by atoms with Gasteiger partial charge < -0.3 is 19.9 Å². The van der Waals surface area contributed by atoms with Crippen molar-refractivity contribution in [3.05, 3.63) is 54.1 Å². The average molecular weight is 379 g/mol. The van der Waals surface area contributed by atoms with E-state index in [4.69, 9.17) is 4.74 Å². The van der Waals surface area contributed by atoms with Crippen molar-refractivity contribution < 1.29 is 19.1 Å². The van der Waals surface area contributed by atoms with Crippen molar-refractivity contribution in [3.8, 4) is 5.75 Å². The summed E-state index contributed by atoms with van der Waals surface area (Å²) >= 11 is 0. The Bertz CT molecular complexity index is 918. The van der Waals surface area contributed by atoms with E-state index in [9.17, 15) is 14.4 Å². The zero-order valence-electron chi connectivity index (χ0n) is 15.6. The van der Waals surface area contributed by atoms with Crippen LogP contribution in [0.3, 0.4) is 0 Å². The standard InChI is InChI=1S/C21H21N3O4/c1-14(25)15-6-8-16(9-7-15)23-10-12-24(13-11-23)21(27)19-20(26)22-17-4-2-3-5-18(17)28-19/h2-9,19H,10-13H2,1H3,(H,22,26). The first-order valence-electron chi connectivity index (χ1n) is 9.24. The van der Waals surface area contributed by atoms with E-state index < -0.39 is 12.0 Å². The Kier molecular flexibility index (Phi) is 4.73. The van der Waals surface area contributed by atoms with E-state index in [0.29, 0.717) is 43.2 Å². The number of ketones is 1. The Morgan fingerprint density at radius 1 is 1.00 bits per heavy atom. The molecule has 4 rings (SSSR count). The van der Waals surface area contributed by atoms with Crippen molar-refractivity contribution in [3.63, 3.8) is 0 Å². The maximum absolute atomic E-state index is 12.8.